The number of hydrogen-bond acceptors (Lipinski definition) is 4. The molecule has 0 bridgehead atoms. The minimum Gasteiger partial charge on any atom is -0.481 e. The van der Waals surface area contributed by atoms with Gasteiger partial charge in [-0.3, -0.25) is 9.59 Å². The second-order valence-electron chi connectivity index (χ2n) is 3.76. The van der Waals surface area contributed by atoms with Gasteiger partial charge in [-0.05, 0) is 12.8 Å². The topological polar surface area (TPSA) is 149 Å². The van der Waals surface area contributed by atoms with Crippen LogP contribution in [0.25, 0.3) is 0 Å². The SMILES string of the molecule is O=C(O)CC=C(CC=C(CCC(=O)O)C(=O)O)C(=O)O. The molecule has 110 valence electrons. The Morgan fingerprint density at radius 1 is 0.650 bits per heavy atom. The van der Waals surface area contributed by atoms with Gasteiger partial charge in [0, 0.05) is 17.6 Å². The Bertz CT molecular complexity index is 472. The lowest BCUT2D eigenvalue weighted by atomic mass is 10.1. The summed E-state index contributed by atoms with van der Waals surface area (Å²) >= 11 is 0. The van der Waals surface area contributed by atoms with Crippen LogP contribution in [0, 0.1) is 0 Å². The molecule has 0 aliphatic rings. The maximum absolute atomic E-state index is 10.8. The third kappa shape index (κ3) is 7.64. The molecule has 0 spiro atoms. The summed E-state index contributed by atoms with van der Waals surface area (Å²) in [6.45, 7) is 0. The molecule has 0 rings (SSSR count). The summed E-state index contributed by atoms with van der Waals surface area (Å²) in [6.07, 6.45) is 0.637. The van der Waals surface area contributed by atoms with Crippen molar-refractivity contribution in [2.24, 2.45) is 0 Å². The molecule has 0 aliphatic heterocycles. The van der Waals surface area contributed by atoms with Gasteiger partial charge in [-0.1, -0.05) is 12.2 Å². The Hall–Kier alpha value is -2.64. The highest BCUT2D eigenvalue weighted by Crippen LogP contribution is 2.12. The fraction of sp³-hybridized carbons (Fsp3) is 0.333. The summed E-state index contributed by atoms with van der Waals surface area (Å²) < 4.78 is 0. The van der Waals surface area contributed by atoms with E-state index < -0.39 is 30.3 Å². The Morgan fingerprint density at radius 3 is 1.55 bits per heavy atom. The molecule has 8 heteroatoms. The third-order valence-corrected chi connectivity index (χ3v) is 2.25. The molecule has 0 saturated heterocycles. The number of carbonyl (C=O) groups is 4. The number of rotatable bonds is 9. The van der Waals surface area contributed by atoms with Gasteiger partial charge in [-0.2, -0.15) is 0 Å². The van der Waals surface area contributed by atoms with Crippen molar-refractivity contribution in [2.75, 3.05) is 0 Å². The lowest BCUT2D eigenvalue weighted by Gasteiger charge is -2.02. The summed E-state index contributed by atoms with van der Waals surface area (Å²) in [7, 11) is 0. The highest BCUT2D eigenvalue weighted by molar-refractivity contribution is 5.90. The monoisotopic (exact) mass is 286 g/mol. The maximum Gasteiger partial charge on any atom is 0.331 e. The van der Waals surface area contributed by atoms with Gasteiger partial charge in [0.1, 0.15) is 0 Å². The zero-order chi connectivity index (χ0) is 15.7. The zero-order valence-electron chi connectivity index (χ0n) is 10.4. The van der Waals surface area contributed by atoms with Gasteiger partial charge in [0.2, 0.25) is 0 Å². The summed E-state index contributed by atoms with van der Waals surface area (Å²) in [6, 6.07) is 0. The number of allylic oxidation sites excluding steroid dienone is 1. The van der Waals surface area contributed by atoms with E-state index in [1.807, 2.05) is 0 Å². The predicted molar refractivity (Wildman–Crippen MR) is 65.2 cm³/mol. The van der Waals surface area contributed by atoms with Gasteiger partial charge in [0.25, 0.3) is 0 Å². The molecule has 0 heterocycles. The highest BCUT2D eigenvalue weighted by Gasteiger charge is 2.12. The van der Waals surface area contributed by atoms with Crippen LogP contribution in [0.1, 0.15) is 25.7 Å². The van der Waals surface area contributed by atoms with Crippen LogP contribution in [-0.4, -0.2) is 44.3 Å². The molecule has 0 amide bonds. The average molecular weight is 286 g/mol. The molecule has 20 heavy (non-hydrogen) atoms. The summed E-state index contributed by atoms with van der Waals surface area (Å²) in [5.41, 5.74) is -0.489. The smallest absolute Gasteiger partial charge is 0.331 e. The molecule has 0 atom stereocenters. The molecule has 0 saturated carbocycles. The van der Waals surface area contributed by atoms with Crippen molar-refractivity contribution in [2.45, 2.75) is 25.7 Å². The van der Waals surface area contributed by atoms with E-state index >= 15 is 0 Å². The minimum atomic E-state index is -1.36. The average Bonchev–Trinajstić information content (AvgIpc) is 2.30. The molecule has 0 aliphatic carbocycles. The van der Waals surface area contributed by atoms with E-state index in [9.17, 15) is 19.2 Å². The first-order valence-electron chi connectivity index (χ1n) is 5.52. The fourth-order valence-corrected chi connectivity index (χ4v) is 1.24. The van der Waals surface area contributed by atoms with Crippen LogP contribution in [0.5, 0.6) is 0 Å². The number of aliphatic carboxylic acids is 4. The maximum atomic E-state index is 10.8. The molecule has 0 fully saturated rings. The van der Waals surface area contributed by atoms with Crippen LogP contribution in [0.2, 0.25) is 0 Å². The van der Waals surface area contributed by atoms with Gasteiger partial charge in [0.05, 0.1) is 6.42 Å². The largest absolute Gasteiger partial charge is 0.481 e. The van der Waals surface area contributed by atoms with Crippen molar-refractivity contribution < 1.29 is 39.6 Å². The molecule has 0 aromatic carbocycles. The number of carboxylic acid groups (broad SMARTS) is 4. The van der Waals surface area contributed by atoms with E-state index in [1.165, 1.54) is 0 Å². The quantitative estimate of drug-likeness (QED) is 0.453. The van der Waals surface area contributed by atoms with Crippen LogP contribution in [0.15, 0.2) is 23.3 Å². The lowest BCUT2D eigenvalue weighted by Crippen LogP contribution is -2.06. The van der Waals surface area contributed by atoms with E-state index in [0.29, 0.717) is 0 Å². The molecule has 4 N–H and O–H groups in total. The molecule has 0 aromatic rings. The van der Waals surface area contributed by atoms with Gasteiger partial charge in [0.15, 0.2) is 0 Å². The minimum absolute atomic E-state index is 0.227. The predicted octanol–water partition coefficient (Wildman–Crippen LogP) is 0.738. The number of carboxylic acids is 4. The van der Waals surface area contributed by atoms with Crippen molar-refractivity contribution in [1.29, 1.82) is 0 Å². The summed E-state index contributed by atoms with van der Waals surface area (Å²) in [5, 5.41) is 34.6. The Labute approximate surface area is 113 Å². The van der Waals surface area contributed by atoms with E-state index in [-0.39, 0.29) is 30.4 Å². The molecule has 0 unspecified atom stereocenters. The first kappa shape index (κ1) is 17.4. The first-order valence-corrected chi connectivity index (χ1v) is 5.52. The van der Waals surface area contributed by atoms with Crippen molar-refractivity contribution >= 4 is 23.9 Å². The third-order valence-electron chi connectivity index (χ3n) is 2.25. The lowest BCUT2D eigenvalue weighted by molar-refractivity contribution is -0.138. The molecular formula is C12H14O8. The van der Waals surface area contributed by atoms with Crippen molar-refractivity contribution in [3.8, 4) is 0 Å². The van der Waals surface area contributed by atoms with Crippen molar-refractivity contribution in [3.63, 3.8) is 0 Å². The second-order valence-corrected chi connectivity index (χ2v) is 3.76. The molecular weight excluding hydrogens is 272 g/mol. The fourth-order valence-electron chi connectivity index (χ4n) is 1.24. The van der Waals surface area contributed by atoms with Gasteiger partial charge >= 0.3 is 23.9 Å². The van der Waals surface area contributed by atoms with Crippen LogP contribution in [0.4, 0.5) is 0 Å². The Kier molecular flexibility index (Phi) is 7.34. The van der Waals surface area contributed by atoms with Crippen LogP contribution in [-0.2, 0) is 19.2 Å². The molecule has 8 nitrogen and oxygen atoms in total. The van der Waals surface area contributed by atoms with E-state index in [4.69, 9.17) is 20.4 Å². The van der Waals surface area contributed by atoms with Gasteiger partial charge in [-0.25, -0.2) is 9.59 Å². The van der Waals surface area contributed by atoms with Crippen molar-refractivity contribution in [3.05, 3.63) is 23.3 Å². The van der Waals surface area contributed by atoms with E-state index in [2.05, 4.69) is 0 Å². The number of hydrogen-bond donors (Lipinski definition) is 4. The first-order chi connectivity index (χ1) is 9.23. The molecule has 0 radical (unpaired) electrons. The zero-order valence-corrected chi connectivity index (χ0v) is 10.4. The van der Waals surface area contributed by atoms with Crippen LogP contribution >= 0.6 is 0 Å². The normalized spacial score (nSPS) is 12.0. The Morgan fingerprint density at radius 2 is 1.15 bits per heavy atom. The van der Waals surface area contributed by atoms with E-state index in [1.54, 1.807) is 0 Å². The standard InChI is InChI=1S/C12H14O8/c13-9(14)5-3-7(11(17)18)1-2-8(12(19)20)4-6-10(15)16/h1,4H,2-3,5-6H2,(H,13,14)(H,15,16)(H,17,18)(H,19,20). The second kappa shape index (κ2) is 8.46. The van der Waals surface area contributed by atoms with Gasteiger partial charge < -0.3 is 20.4 Å². The van der Waals surface area contributed by atoms with E-state index in [0.717, 1.165) is 12.2 Å². The summed E-state index contributed by atoms with van der Waals surface area (Å²) in [4.78, 5) is 42.4. The van der Waals surface area contributed by atoms with Gasteiger partial charge in [-0.15, -0.1) is 0 Å². The highest BCUT2D eigenvalue weighted by atomic mass is 16.4. The molecule has 0 aromatic heterocycles. The van der Waals surface area contributed by atoms with Crippen LogP contribution < -0.4 is 0 Å². The summed E-state index contributed by atoms with van der Waals surface area (Å²) in [5.74, 6) is -5.08. The van der Waals surface area contributed by atoms with Crippen LogP contribution in [0.3, 0.4) is 0 Å². The van der Waals surface area contributed by atoms with Crippen molar-refractivity contribution in [1.82, 2.24) is 0 Å². The Balaban J connectivity index is 4.90.